The van der Waals surface area contributed by atoms with Gasteiger partial charge in [-0.3, -0.25) is 9.59 Å². The van der Waals surface area contributed by atoms with Crippen molar-refractivity contribution in [2.24, 2.45) is 0 Å². The molecule has 0 aliphatic carbocycles. The second kappa shape index (κ2) is 9.37. The van der Waals surface area contributed by atoms with Crippen molar-refractivity contribution in [3.8, 4) is 0 Å². The maximum atomic E-state index is 12.9. The first-order chi connectivity index (χ1) is 12.1. The highest BCUT2D eigenvalue weighted by Crippen LogP contribution is 2.17. The average molecular weight is 341 g/mol. The lowest BCUT2D eigenvalue weighted by Crippen LogP contribution is -2.29. The van der Waals surface area contributed by atoms with E-state index in [0.29, 0.717) is 12.2 Å². The van der Waals surface area contributed by atoms with Crippen LogP contribution in [0.4, 0.5) is 4.39 Å². The van der Waals surface area contributed by atoms with Crippen LogP contribution >= 0.6 is 0 Å². The van der Waals surface area contributed by atoms with Crippen molar-refractivity contribution in [1.82, 2.24) is 5.32 Å². The molecular formula is C20H20FNO3. The molecule has 0 bridgehead atoms. The maximum Gasteiger partial charge on any atom is 0.308 e. The summed E-state index contributed by atoms with van der Waals surface area (Å²) < 4.78 is 17.9. The Labute approximate surface area is 146 Å². The fourth-order valence-electron chi connectivity index (χ4n) is 2.29. The fourth-order valence-corrected chi connectivity index (χ4v) is 2.29. The van der Waals surface area contributed by atoms with Crippen molar-refractivity contribution in [3.63, 3.8) is 0 Å². The number of halogens is 1. The minimum absolute atomic E-state index is 0.0496. The van der Waals surface area contributed by atoms with E-state index in [1.54, 1.807) is 25.1 Å². The van der Waals surface area contributed by atoms with Gasteiger partial charge in [-0.1, -0.05) is 42.5 Å². The molecule has 1 N–H and O–H groups in total. The van der Waals surface area contributed by atoms with Crippen molar-refractivity contribution < 1.29 is 18.7 Å². The molecule has 2 aromatic rings. The van der Waals surface area contributed by atoms with Crippen LogP contribution in [0.3, 0.4) is 0 Å². The van der Waals surface area contributed by atoms with E-state index in [9.17, 15) is 14.0 Å². The van der Waals surface area contributed by atoms with Crippen molar-refractivity contribution >= 4 is 18.0 Å². The van der Waals surface area contributed by atoms with E-state index in [1.165, 1.54) is 18.2 Å². The van der Waals surface area contributed by atoms with Gasteiger partial charge in [0.1, 0.15) is 5.82 Å². The van der Waals surface area contributed by atoms with Crippen LogP contribution in [0.2, 0.25) is 0 Å². The molecule has 130 valence electrons. The summed E-state index contributed by atoms with van der Waals surface area (Å²) >= 11 is 0. The highest BCUT2D eigenvalue weighted by atomic mass is 19.1. The molecule has 0 radical (unpaired) electrons. The summed E-state index contributed by atoms with van der Waals surface area (Å²) in [6.45, 7) is 2.03. The first kappa shape index (κ1) is 18.4. The van der Waals surface area contributed by atoms with Crippen LogP contribution in [0.15, 0.2) is 60.7 Å². The number of esters is 1. The fraction of sp³-hybridized carbons (Fsp3) is 0.200. The second-order valence-electron chi connectivity index (χ2n) is 5.37. The number of amides is 1. The number of nitrogens with one attached hydrogen (secondary N) is 1. The third kappa shape index (κ3) is 6.22. The van der Waals surface area contributed by atoms with Crippen molar-refractivity contribution in [2.45, 2.75) is 19.4 Å². The summed E-state index contributed by atoms with van der Waals surface area (Å²) in [5.41, 5.74) is 1.53. The predicted octanol–water partition coefficient (Wildman–Crippen LogP) is 3.65. The normalized spacial score (nSPS) is 11.9. The molecule has 4 nitrogen and oxygen atoms in total. The number of carbonyl (C=O) groups is 2. The van der Waals surface area contributed by atoms with Gasteiger partial charge in [-0.15, -0.1) is 0 Å². The summed E-state index contributed by atoms with van der Waals surface area (Å²) in [4.78, 5) is 24.0. The Balaban J connectivity index is 2.05. The van der Waals surface area contributed by atoms with E-state index in [2.05, 4.69) is 5.32 Å². The molecule has 0 heterocycles. The molecule has 0 fully saturated rings. The number of hydrogen-bond donors (Lipinski definition) is 1. The Morgan fingerprint density at radius 3 is 2.44 bits per heavy atom. The van der Waals surface area contributed by atoms with Crippen LogP contribution in [-0.2, 0) is 14.3 Å². The Hall–Kier alpha value is -2.95. The molecule has 5 heteroatoms. The maximum absolute atomic E-state index is 12.9. The summed E-state index contributed by atoms with van der Waals surface area (Å²) in [5, 5.41) is 2.80. The molecule has 0 saturated carbocycles. The van der Waals surface area contributed by atoms with Crippen molar-refractivity contribution in [2.75, 3.05) is 6.61 Å². The van der Waals surface area contributed by atoms with Gasteiger partial charge in [0.05, 0.1) is 19.1 Å². The smallest absolute Gasteiger partial charge is 0.308 e. The predicted molar refractivity (Wildman–Crippen MR) is 94.0 cm³/mol. The molecule has 2 rings (SSSR count). The minimum Gasteiger partial charge on any atom is -0.466 e. The van der Waals surface area contributed by atoms with Gasteiger partial charge >= 0.3 is 5.97 Å². The molecule has 0 aromatic heterocycles. The molecule has 0 aliphatic heterocycles. The number of benzene rings is 2. The summed E-state index contributed by atoms with van der Waals surface area (Å²) in [6, 6.07) is 14.5. The van der Waals surface area contributed by atoms with Crippen LogP contribution in [0.25, 0.3) is 6.08 Å². The Kier molecular flexibility index (Phi) is 6.89. The number of hydrogen-bond acceptors (Lipinski definition) is 3. The molecular weight excluding hydrogens is 321 g/mol. The van der Waals surface area contributed by atoms with E-state index < -0.39 is 6.04 Å². The molecule has 1 atom stereocenters. The van der Waals surface area contributed by atoms with Gasteiger partial charge in [0, 0.05) is 6.08 Å². The van der Waals surface area contributed by atoms with E-state index in [1.807, 2.05) is 30.3 Å². The van der Waals surface area contributed by atoms with Crippen LogP contribution < -0.4 is 5.32 Å². The Morgan fingerprint density at radius 2 is 1.80 bits per heavy atom. The highest BCUT2D eigenvalue weighted by molar-refractivity contribution is 5.92. The lowest BCUT2D eigenvalue weighted by molar-refractivity contribution is -0.143. The molecule has 1 amide bonds. The first-order valence-corrected chi connectivity index (χ1v) is 8.03. The topological polar surface area (TPSA) is 55.4 Å². The molecule has 0 aliphatic rings. The van der Waals surface area contributed by atoms with Gasteiger partial charge in [0.15, 0.2) is 0 Å². The third-order valence-electron chi connectivity index (χ3n) is 3.49. The van der Waals surface area contributed by atoms with Gasteiger partial charge in [-0.25, -0.2) is 4.39 Å². The summed E-state index contributed by atoms with van der Waals surface area (Å²) in [5.74, 6) is -1.05. The molecule has 2 aromatic carbocycles. The minimum atomic E-state index is -0.481. The quantitative estimate of drug-likeness (QED) is 0.618. The number of rotatable bonds is 7. The van der Waals surface area contributed by atoms with Crippen LogP contribution in [0.5, 0.6) is 0 Å². The zero-order valence-electron chi connectivity index (χ0n) is 13.9. The molecule has 0 saturated heterocycles. The zero-order valence-corrected chi connectivity index (χ0v) is 13.9. The van der Waals surface area contributed by atoms with Crippen molar-refractivity contribution in [1.29, 1.82) is 0 Å². The third-order valence-corrected chi connectivity index (χ3v) is 3.49. The van der Waals surface area contributed by atoms with E-state index in [4.69, 9.17) is 4.74 Å². The molecule has 1 unspecified atom stereocenters. The largest absolute Gasteiger partial charge is 0.466 e. The van der Waals surface area contributed by atoms with E-state index in [0.717, 1.165) is 5.56 Å². The van der Waals surface area contributed by atoms with Crippen LogP contribution in [0, 0.1) is 5.82 Å². The molecule has 0 spiro atoms. The SMILES string of the molecule is CCOC(=O)CC(NC(=O)/C=C/c1ccc(F)cc1)c1ccccc1. The Bertz CT molecular complexity index is 726. The van der Waals surface area contributed by atoms with Gasteiger partial charge in [0.25, 0.3) is 0 Å². The van der Waals surface area contributed by atoms with Gasteiger partial charge < -0.3 is 10.1 Å². The monoisotopic (exact) mass is 341 g/mol. The number of ether oxygens (including phenoxy) is 1. The standard InChI is InChI=1S/C20H20FNO3/c1-2-25-20(24)14-18(16-6-4-3-5-7-16)22-19(23)13-10-15-8-11-17(21)12-9-15/h3-13,18H,2,14H2,1H3,(H,22,23)/b13-10+. The van der Waals surface area contributed by atoms with E-state index in [-0.39, 0.29) is 24.1 Å². The summed E-state index contributed by atoms with van der Waals surface area (Å²) in [6.07, 6.45) is 2.99. The average Bonchev–Trinajstić information content (AvgIpc) is 2.62. The van der Waals surface area contributed by atoms with Crippen LogP contribution in [-0.4, -0.2) is 18.5 Å². The summed E-state index contributed by atoms with van der Waals surface area (Å²) in [7, 11) is 0. The van der Waals surface area contributed by atoms with E-state index >= 15 is 0 Å². The Morgan fingerprint density at radius 1 is 1.12 bits per heavy atom. The second-order valence-corrected chi connectivity index (χ2v) is 5.37. The van der Waals surface area contributed by atoms with Crippen molar-refractivity contribution in [3.05, 3.63) is 77.6 Å². The highest BCUT2D eigenvalue weighted by Gasteiger charge is 2.18. The lowest BCUT2D eigenvalue weighted by atomic mass is 10.0. The first-order valence-electron chi connectivity index (χ1n) is 8.03. The molecule has 25 heavy (non-hydrogen) atoms. The van der Waals surface area contributed by atoms with Gasteiger partial charge in [0.2, 0.25) is 5.91 Å². The lowest BCUT2D eigenvalue weighted by Gasteiger charge is -2.17. The van der Waals surface area contributed by atoms with Gasteiger partial charge in [-0.05, 0) is 36.3 Å². The van der Waals surface area contributed by atoms with Crippen LogP contribution in [0.1, 0.15) is 30.5 Å². The number of carbonyl (C=O) groups excluding carboxylic acids is 2. The van der Waals surface area contributed by atoms with Gasteiger partial charge in [-0.2, -0.15) is 0 Å². The zero-order chi connectivity index (χ0) is 18.1.